The number of rotatable bonds is 8. The first kappa shape index (κ1) is 22.5. The Bertz CT molecular complexity index is 1030. The molecule has 154 valence electrons. The third-order valence-corrected chi connectivity index (χ3v) is 8.44. The second-order valence-corrected chi connectivity index (χ2v) is 10.4. The van der Waals surface area contributed by atoms with E-state index in [0.717, 1.165) is 5.56 Å². The Labute approximate surface area is 168 Å². The molecule has 0 radical (unpaired) electrons. The summed E-state index contributed by atoms with van der Waals surface area (Å²) in [7, 11) is -7.23. The Morgan fingerprint density at radius 3 is 2.04 bits per heavy atom. The monoisotopic (exact) mass is 424 g/mol. The van der Waals surface area contributed by atoms with Crippen LogP contribution in [-0.2, 0) is 20.0 Å². The highest BCUT2D eigenvalue weighted by molar-refractivity contribution is 7.89. The molecule has 0 saturated heterocycles. The van der Waals surface area contributed by atoms with Crippen LogP contribution in [0.25, 0.3) is 0 Å². The second-order valence-electron chi connectivity index (χ2n) is 6.77. The molecular formula is C20H28N2O4S2. The van der Waals surface area contributed by atoms with Crippen molar-refractivity contribution in [1.82, 2.24) is 9.03 Å². The number of nitrogens with zero attached hydrogens (tertiary/aromatic N) is 1. The van der Waals surface area contributed by atoms with Gasteiger partial charge in [0.1, 0.15) is 0 Å². The fraction of sp³-hybridized carbons (Fsp3) is 0.400. The third kappa shape index (κ3) is 4.81. The zero-order chi connectivity index (χ0) is 21.1. The SMILES string of the molecule is CCN(CC)S(=O)(=O)c1ccc([C@@H](C)NS(=O)(=O)c2cc(C)ccc2C)cc1. The van der Waals surface area contributed by atoms with Crippen LogP contribution in [0.15, 0.2) is 52.3 Å². The van der Waals surface area contributed by atoms with Crippen molar-refractivity contribution in [1.29, 1.82) is 0 Å². The summed E-state index contributed by atoms with van der Waals surface area (Å²) in [4.78, 5) is 0.449. The van der Waals surface area contributed by atoms with Crippen LogP contribution in [0.2, 0.25) is 0 Å². The van der Waals surface area contributed by atoms with E-state index < -0.39 is 26.1 Å². The van der Waals surface area contributed by atoms with Gasteiger partial charge in [-0.15, -0.1) is 0 Å². The number of benzene rings is 2. The standard InChI is InChI=1S/C20H28N2O4S2/c1-6-22(7-2)28(25,26)19-12-10-18(11-13-19)17(5)21-27(23,24)20-14-15(3)8-9-16(20)4/h8-14,17,21H,6-7H2,1-5H3/t17-/m1/s1. The van der Waals surface area contributed by atoms with Gasteiger partial charge in [-0.05, 0) is 55.7 Å². The predicted octanol–water partition coefficient (Wildman–Crippen LogP) is 3.37. The fourth-order valence-electron chi connectivity index (χ4n) is 3.00. The number of sulfonamides is 2. The largest absolute Gasteiger partial charge is 0.243 e. The van der Waals surface area contributed by atoms with Crippen molar-refractivity contribution in [2.24, 2.45) is 0 Å². The molecule has 0 amide bonds. The molecule has 0 heterocycles. The molecule has 0 aromatic heterocycles. The summed E-state index contributed by atoms with van der Waals surface area (Å²) >= 11 is 0. The van der Waals surface area contributed by atoms with Gasteiger partial charge in [0.25, 0.3) is 0 Å². The molecule has 0 fully saturated rings. The minimum atomic E-state index is -3.70. The first-order valence-corrected chi connectivity index (χ1v) is 12.1. The van der Waals surface area contributed by atoms with E-state index in [1.807, 2.05) is 13.0 Å². The maximum Gasteiger partial charge on any atom is 0.243 e. The van der Waals surface area contributed by atoms with Crippen LogP contribution in [0.1, 0.15) is 43.5 Å². The molecule has 0 aliphatic carbocycles. The van der Waals surface area contributed by atoms with Crippen molar-refractivity contribution in [3.8, 4) is 0 Å². The van der Waals surface area contributed by atoms with Gasteiger partial charge in [-0.25, -0.2) is 21.6 Å². The molecule has 0 bridgehead atoms. The maximum atomic E-state index is 12.8. The predicted molar refractivity (Wildman–Crippen MR) is 111 cm³/mol. The summed E-state index contributed by atoms with van der Waals surface area (Å²) in [5, 5.41) is 0. The minimum absolute atomic E-state index is 0.199. The third-order valence-electron chi connectivity index (χ3n) is 4.69. The van der Waals surface area contributed by atoms with Crippen LogP contribution < -0.4 is 4.72 Å². The lowest BCUT2D eigenvalue weighted by atomic mass is 10.1. The van der Waals surface area contributed by atoms with Gasteiger partial charge in [-0.1, -0.05) is 38.1 Å². The lowest BCUT2D eigenvalue weighted by molar-refractivity contribution is 0.445. The molecule has 0 aliphatic rings. The summed E-state index contributed by atoms with van der Waals surface area (Å²) in [6, 6.07) is 11.1. The van der Waals surface area contributed by atoms with Gasteiger partial charge in [0.05, 0.1) is 9.79 Å². The molecule has 1 atom stereocenters. The van der Waals surface area contributed by atoms with Crippen LogP contribution in [0, 0.1) is 13.8 Å². The quantitative estimate of drug-likeness (QED) is 0.704. The highest BCUT2D eigenvalue weighted by atomic mass is 32.2. The van der Waals surface area contributed by atoms with E-state index in [2.05, 4.69) is 4.72 Å². The molecule has 2 aromatic rings. The van der Waals surface area contributed by atoms with Gasteiger partial charge in [-0.2, -0.15) is 4.31 Å². The van der Waals surface area contributed by atoms with Crippen molar-refractivity contribution in [3.63, 3.8) is 0 Å². The van der Waals surface area contributed by atoms with Crippen molar-refractivity contribution in [3.05, 3.63) is 59.2 Å². The van der Waals surface area contributed by atoms with Gasteiger partial charge >= 0.3 is 0 Å². The number of hydrogen-bond acceptors (Lipinski definition) is 4. The molecule has 2 rings (SSSR count). The summed E-state index contributed by atoms with van der Waals surface area (Å²) in [5.41, 5.74) is 2.22. The van der Waals surface area contributed by atoms with E-state index in [-0.39, 0.29) is 9.79 Å². The zero-order valence-electron chi connectivity index (χ0n) is 16.9. The molecule has 0 aliphatic heterocycles. The smallest absolute Gasteiger partial charge is 0.207 e. The van der Waals surface area contributed by atoms with Gasteiger partial charge in [-0.3, -0.25) is 0 Å². The Morgan fingerprint density at radius 2 is 1.50 bits per heavy atom. The van der Waals surface area contributed by atoms with Crippen LogP contribution >= 0.6 is 0 Å². The summed E-state index contributed by atoms with van der Waals surface area (Å²) < 4.78 is 54.7. The van der Waals surface area contributed by atoms with Crippen molar-refractivity contribution in [2.75, 3.05) is 13.1 Å². The molecule has 0 unspecified atom stereocenters. The van der Waals surface area contributed by atoms with Gasteiger partial charge in [0.2, 0.25) is 20.0 Å². The molecule has 1 N–H and O–H groups in total. The minimum Gasteiger partial charge on any atom is -0.207 e. The lowest BCUT2D eigenvalue weighted by Gasteiger charge is -2.19. The molecule has 2 aromatic carbocycles. The number of nitrogens with one attached hydrogen (secondary N) is 1. The van der Waals surface area contributed by atoms with Gasteiger partial charge in [0, 0.05) is 19.1 Å². The van der Waals surface area contributed by atoms with E-state index in [1.54, 1.807) is 52.0 Å². The Balaban J connectivity index is 2.26. The number of hydrogen-bond donors (Lipinski definition) is 1. The van der Waals surface area contributed by atoms with Crippen LogP contribution in [0.5, 0.6) is 0 Å². The van der Waals surface area contributed by atoms with Gasteiger partial charge in [0.15, 0.2) is 0 Å². The first-order chi connectivity index (χ1) is 13.0. The highest BCUT2D eigenvalue weighted by Gasteiger charge is 2.23. The Kier molecular flexibility index (Phi) is 7.03. The molecule has 8 heteroatoms. The average Bonchev–Trinajstić information content (AvgIpc) is 2.64. The molecular weight excluding hydrogens is 396 g/mol. The second kappa shape index (κ2) is 8.73. The summed E-state index contributed by atoms with van der Waals surface area (Å²) in [5.74, 6) is 0. The fourth-order valence-corrected chi connectivity index (χ4v) is 6.02. The van der Waals surface area contributed by atoms with Crippen molar-refractivity contribution >= 4 is 20.0 Å². The summed E-state index contributed by atoms with van der Waals surface area (Å²) in [6.45, 7) is 9.71. The Morgan fingerprint density at radius 1 is 0.929 bits per heavy atom. The van der Waals surface area contributed by atoms with Crippen molar-refractivity contribution < 1.29 is 16.8 Å². The average molecular weight is 425 g/mol. The van der Waals surface area contributed by atoms with E-state index in [4.69, 9.17) is 0 Å². The zero-order valence-corrected chi connectivity index (χ0v) is 18.6. The van der Waals surface area contributed by atoms with Crippen LogP contribution in [-0.4, -0.2) is 34.2 Å². The Hall–Kier alpha value is -1.74. The molecule has 0 saturated carbocycles. The van der Waals surface area contributed by atoms with E-state index in [0.29, 0.717) is 24.2 Å². The van der Waals surface area contributed by atoms with E-state index >= 15 is 0 Å². The lowest BCUT2D eigenvalue weighted by Crippen LogP contribution is -2.30. The topological polar surface area (TPSA) is 83.6 Å². The normalized spacial score (nSPS) is 13.6. The van der Waals surface area contributed by atoms with E-state index in [9.17, 15) is 16.8 Å². The van der Waals surface area contributed by atoms with Crippen LogP contribution in [0.3, 0.4) is 0 Å². The maximum absolute atomic E-state index is 12.8. The summed E-state index contributed by atoms with van der Waals surface area (Å²) in [6.07, 6.45) is 0. The molecule has 6 nitrogen and oxygen atoms in total. The number of aryl methyl sites for hydroxylation is 2. The van der Waals surface area contributed by atoms with E-state index in [1.165, 1.54) is 16.4 Å². The van der Waals surface area contributed by atoms with Crippen LogP contribution in [0.4, 0.5) is 0 Å². The van der Waals surface area contributed by atoms with Gasteiger partial charge < -0.3 is 0 Å². The van der Waals surface area contributed by atoms with Crippen molar-refractivity contribution in [2.45, 2.75) is 50.5 Å². The molecule has 28 heavy (non-hydrogen) atoms. The first-order valence-electron chi connectivity index (χ1n) is 9.22. The highest BCUT2D eigenvalue weighted by Crippen LogP contribution is 2.23. The molecule has 0 spiro atoms.